The molecule has 0 fully saturated rings. The largest absolute Gasteiger partial charge is 0.497 e. The maximum absolute atomic E-state index is 5.59. The minimum Gasteiger partial charge on any atom is -0.497 e. The Balaban J connectivity index is 2.29. The smallest absolute Gasteiger partial charge is 0.122 e. The molecule has 2 rings (SSSR count). The van der Waals surface area contributed by atoms with Crippen LogP contribution in [0.1, 0.15) is 5.69 Å². The highest BCUT2D eigenvalue weighted by atomic mass is 32.1. The number of nitrogens with two attached hydrogens (primary N) is 1. The van der Waals surface area contributed by atoms with E-state index in [4.69, 9.17) is 22.7 Å². The summed E-state index contributed by atoms with van der Waals surface area (Å²) in [4.78, 5) is 6.46. The molecule has 0 amide bonds. The van der Waals surface area contributed by atoms with E-state index < -0.39 is 0 Å². The van der Waals surface area contributed by atoms with Crippen LogP contribution in [0.5, 0.6) is 5.75 Å². The van der Waals surface area contributed by atoms with E-state index in [1.165, 1.54) is 0 Å². The van der Waals surface area contributed by atoms with Gasteiger partial charge in [-0.2, -0.15) is 0 Å². The van der Waals surface area contributed by atoms with Crippen LogP contribution in [0, 0.1) is 0 Å². The zero-order chi connectivity index (χ0) is 13.8. The van der Waals surface area contributed by atoms with Crippen LogP contribution in [0.4, 0.5) is 11.4 Å². The molecule has 98 valence electrons. The summed E-state index contributed by atoms with van der Waals surface area (Å²) >= 11 is 4.94. The number of benzene rings is 1. The molecule has 0 spiro atoms. The van der Waals surface area contributed by atoms with Gasteiger partial charge in [-0.15, -0.1) is 0 Å². The normalized spacial score (nSPS) is 10.0. The van der Waals surface area contributed by atoms with Gasteiger partial charge in [0.05, 0.1) is 12.8 Å². The molecule has 5 heteroatoms. The van der Waals surface area contributed by atoms with Crippen LogP contribution in [0.3, 0.4) is 0 Å². The highest BCUT2D eigenvalue weighted by molar-refractivity contribution is 7.80. The van der Waals surface area contributed by atoms with Crippen LogP contribution in [-0.2, 0) is 0 Å². The Hall–Kier alpha value is -2.14. The van der Waals surface area contributed by atoms with Crippen molar-refractivity contribution >= 4 is 28.6 Å². The number of nitrogens with zero attached hydrogens (tertiary/aromatic N) is 2. The summed E-state index contributed by atoms with van der Waals surface area (Å²) in [5.74, 6) is 0.829. The minimum atomic E-state index is 0.296. The highest BCUT2D eigenvalue weighted by Crippen LogP contribution is 2.25. The first-order valence-electron chi connectivity index (χ1n) is 5.75. The summed E-state index contributed by atoms with van der Waals surface area (Å²) in [6.07, 6.45) is 1.70. The Morgan fingerprint density at radius 1 is 1.21 bits per heavy atom. The van der Waals surface area contributed by atoms with Crippen molar-refractivity contribution in [2.24, 2.45) is 5.73 Å². The number of thiocarbonyl (C=S) groups is 1. The van der Waals surface area contributed by atoms with Crippen molar-refractivity contribution in [2.45, 2.75) is 0 Å². The third-order valence-corrected chi connectivity index (χ3v) is 3.05. The van der Waals surface area contributed by atoms with Crippen molar-refractivity contribution < 1.29 is 4.74 Å². The van der Waals surface area contributed by atoms with Gasteiger partial charge >= 0.3 is 0 Å². The van der Waals surface area contributed by atoms with Crippen LogP contribution in [0.25, 0.3) is 0 Å². The topological polar surface area (TPSA) is 51.4 Å². The molecule has 0 radical (unpaired) electrons. The van der Waals surface area contributed by atoms with Gasteiger partial charge < -0.3 is 15.4 Å². The number of hydrogen-bond donors (Lipinski definition) is 1. The predicted molar refractivity (Wildman–Crippen MR) is 81.2 cm³/mol. The fourth-order valence-corrected chi connectivity index (χ4v) is 1.83. The van der Waals surface area contributed by atoms with E-state index in [-0.39, 0.29) is 0 Å². The van der Waals surface area contributed by atoms with E-state index in [2.05, 4.69) is 4.98 Å². The molecule has 0 aliphatic heterocycles. The van der Waals surface area contributed by atoms with Crippen molar-refractivity contribution in [1.29, 1.82) is 0 Å². The Morgan fingerprint density at radius 3 is 2.47 bits per heavy atom. The van der Waals surface area contributed by atoms with Gasteiger partial charge in [-0.25, -0.2) is 0 Å². The summed E-state index contributed by atoms with van der Waals surface area (Å²) in [6.45, 7) is 0. The predicted octanol–water partition coefficient (Wildman–Crippen LogP) is 2.49. The summed E-state index contributed by atoms with van der Waals surface area (Å²) in [6, 6.07) is 11.6. The molecule has 0 aliphatic carbocycles. The van der Waals surface area contributed by atoms with E-state index in [0.29, 0.717) is 10.7 Å². The highest BCUT2D eigenvalue weighted by Gasteiger charge is 2.06. The molecule has 0 unspecified atom stereocenters. The van der Waals surface area contributed by atoms with Gasteiger partial charge in [0.1, 0.15) is 10.7 Å². The number of ether oxygens (including phenoxy) is 1. The van der Waals surface area contributed by atoms with Crippen LogP contribution in [0.2, 0.25) is 0 Å². The maximum atomic E-state index is 5.59. The number of methoxy groups -OCH3 is 1. The molecule has 2 aromatic rings. The average molecular weight is 273 g/mol. The third kappa shape index (κ3) is 3.00. The zero-order valence-electron chi connectivity index (χ0n) is 10.8. The summed E-state index contributed by atoms with van der Waals surface area (Å²) in [5.41, 5.74) is 8.23. The van der Waals surface area contributed by atoms with Crippen LogP contribution in [-0.4, -0.2) is 24.1 Å². The molecule has 1 aromatic heterocycles. The summed E-state index contributed by atoms with van der Waals surface area (Å²) < 4.78 is 5.14. The Labute approximate surface area is 117 Å². The van der Waals surface area contributed by atoms with Gasteiger partial charge in [0, 0.05) is 24.6 Å². The van der Waals surface area contributed by atoms with E-state index in [1.54, 1.807) is 13.3 Å². The van der Waals surface area contributed by atoms with Crippen molar-refractivity contribution in [3.63, 3.8) is 0 Å². The fraction of sp³-hybridized carbons (Fsp3) is 0.143. The molecule has 1 aromatic carbocycles. The Bertz CT molecular complexity index is 583. The lowest BCUT2D eigenvalue weighted by atomic mass is 10.2. The van der Waals surface area contributed by atoms with Crippen molar-refractivity contribution in [2.75, 3.05) is 19.1 Å². The fourth-order valence-electron chi connectivity index (χ4n) is 1.72. The van der Waals surface area contributed by atoms with Crippen molar-refractivity contribution in [3.05, 3.63) is 48.3 Å². The number of hydrogen-bond acceptors (Lipinski definition) is 4. The zero-order valence-corrected chi connectivity index (χ0v) is 11.6. The van der Waals surface area contributed by atoms with Crippen molar-refractivity contribution in [3.8, 4) is 5.75 Å². The molecule has 2 N–H and O–H groups in total. The van der Waals surface area contributed by atoms with Crippen LogP contribution in [0.15, 0.2) is 42.6 Å². The second-order valence-electron chi connectivity index (χ2n) is 4.02. The quantitative estimate of drug-likeness (QED) is 0.867. The SMILES string of the molecule is COc1ccc(N(C)c2ccnc(C(N)=S)c2)cc1. The van der Waals surface area contributed by atoms with Gasteiger partial charge in [-0.05, 0) is 36.4 Å². The molecule has 19 heavy (non-hydrogen) atoms. The van der Waals surface area contributed by atoms with E-state index >= 15 is 0 Å². The molecule has 0 saturated carbocycles. The molecule has 4 nitrogen and oxygen atoms in total. The van der Waals surface area contributed by atoms with Crippen LogP contribution >= 0.6 is 12.2 Å². The molecule has 0 saturated heterocycles. The Morgan fingerprint density at radius 2 is 1.89 bits per heavy atom. The molecule has 0 aliphatic rings. The van der Waals surface area contributed by atoms with Gasteiger partial charge in [-0.3, -0.25) is 4.98 Å². The first kappa shape index (κ1) is 13.3. The second-order valence-corrected chi connectivity index (χ2v) is 4.46. The lowest BCUT2D eigenvalue weighted by Crippen LogP contribution is -2.14. The number of rotatable bonds is 4. The molecular weight excluding hydrogens is 258 g/mol. The number of aromatic nitrogens is 1. The van der Waals surface area contributed by atoms with E-state index in [1.807, 2.05) is 48.3 Å². The summed E-state index contributed by atoms with van der Waals surface area (Å²) in [7, 11) is 3.62. The lowest BCUT2D eigenvalue weighted by Gasteiger charge is -2.20. The third-order valence-electron chi connectivity index (χ3n) is 2.84. The first-order valence-corrected chi connectivity index (χ1v) is 6.16. The standard InChI is InChI=1S/C14H15N3OS/c1-17(10-3-5-12(18-2)6-4-10)11-7-8-16-13(9-11)14(15)19/h3-9H,1-2H3,(H2,15,19). The van der Waals surface area contributed by atoms with Crippen molar-refractivity contribution in [1.82, 2.24) is 4.98 Å². The minimum absolute atomic E-state index is 0.296. The molecule has 0 atom stereocenters. The van der Waals surface area contributed by atoms with Gasteiger partial charge in [0.15, 0.2) is 0 Å². The summed E-state index contributed by atoms with van der Waals surface area (Å²) in [5, 5.41) is 0. The average Bonchev–Trinajstić information content (AvgIpc) is 2.46. The van der Waals surface area contributed by atoms with Gasteiger partial charge in [0.2, 0.25) is 0 Å². The first-order chi connectivity index (χ1) is 9.11. The maximum Gasteiger partial charge on any atom is 0.122 e. The molecule has 0 bridgehead atoms. The Kier molecular flexibility index (Phi) is 3.97. The molecular formula is C14H15N3OS. The second kappa shape index (κ2) is 5.67. The molecule has 1 heterocycles. The lowest BCUT2D eigenvalue weighted by molar-refractivity contribution is 0.415. The van der Waals surface area contributed by atoms with E-state index in [0.717, 1.165) is 17.1 Å². The van der Waals surface area contributed by atoms with Crippen LogP contribution < -0.4 is 15.4 Å². The monoisotopic (exact) mass is 273 g/mol. The van der Waals surface area contributed by atoms with Gasteiger partial charge in [0.25, 0.3) is 0 Å². The van der Waals surface area contributed by atoms with Gasteiger partial charge in [-0.1, -0.05) is 12.2 Å². The number of pyridine rings is 1. The number of anilines is 2. The van der Waals surface area contributed by atoms with E-state index in [9.17, 15) is 0 Å².